The Morgan fingerprint density at radius 1 is 1.45 bits per heavy atom. The molecule has 1 aromatic rings. The van der Waals surface area contributed by atoms with Gasteiger partial charge in [-0.05, 0) is 32.6 Å². The minimum atomic E-state index is -0.988. The number of rotatable bonds is 8. The smallest absolute Gasteiger partial charge is 0.326 e. The zero-order chi connectivity index (χ0) is 16.3. The van der Waals surface area contributed by atoms with Gasteiger partial charge in [0.05, 0.1) is 17.5 Å². The number of nitrogens with one attached hydrogen (secondary N) is 1. The number of carboxylic acid groups (broad SMARTS) is 1. The van der Waals surface area contributed by atoms with E-state index in [1.807, 2.05) is 11.6 Å². The summed E-state index contributed by atoms with van der Waals surface area (Å²) < 4.78 is 1.93. The molecule has 1 heterocycles. The molecule has 0 bridgehead atoms. The first kappa shape index (κ1) is 16.5. The maximum Gasteiger partial charge on any atom is 0.326 e. The van der Waals surface area contributed by atoms with Crippen LogP contribution in [-0.2, 0) is 4.79 Å². The summed E-state index contributed by atoms with van der Waals surface area (Å²) in [5, 5.41) is 16.2. The molecule has 0 radical (unpaired) electrons. The van der Waals surface area contributed by atoms with Gasteiger partial charge in [-0.3, -0.25) is 9.48 Å². The summed E-state index contributed by atoms with van der Waals surface area (Å²) in [7, 11) is 0. The van der Waals surface area contributed by atoms with Crippen molar-refractivity contribution < 1.29 is 14.7 Å². The molecule has 0 spiro atoms. The zero-order valence-electron chi connectivity index (χ0n) is 13.5. The molecule has 1 amide bonds. The van der Waals surface area contributed by atoms with Crippen molar-refractivity contribution in [3.8, 4) is 0 Å². The molecule has 2 rings (SSSR count). The molecular formula is C16H25N3O3. The van der Waals surface area contributed by atoms with Gasteiger partial charge in [0, 0.05) is 12.0 Å². The van der Waals surface area contributed by atoms with E-state index in [1.54, 1.807) is 6.20 Å². The van der Waals surface area contributed by atoms with E-state index in [2.05, 4.69) is 24.3 Å². The molecule has 0 saturated heterocycles. The first-order valence-corrected chi connectivity index (χ1v) is 8.10. The molecule has 122 valence electrons. The van der Waals surface area contributed by atoms with Crippen molar-refractivity contribution in [2.75, 3.05) is 0 Å². The molecular weight excluding hydrogens is 282 g/mol. The third-order valence-electron chi connectivity index (χ3n) is 4.23. The number of amides is 1. The average molecular weight is 307 g/mol. The number of carboxylic acids is 1. The normalized spacial score (nSPS) is 17.0. The largest absolute Gasteiger partial charge is 0.480 e. The molecule has 6 nitrogen and oxygen atoms in total. The molecule has 1 aliphatic carbocycles. The van der Waals surface area contributed by atoms with Crippen molar-refractivity contribution >= 4 is 11.9 Å². The third kappa shape index (κ3) is 3.48. The van der Waals surface area contributed by atoms with Crippen molar-refractivity contribution in [3.63, 3.8) is 0 Å². The number of hydrogen-bond donors (Lipinski definition) is 2. The number of aliphatic carboxylic acids is 1. The summed E-state index contributed by atoms with van der Waals surface area (Å²) in [5.74, 6) is -0.929. The minimum absolute atomic E-state index is 0.239. The van der Waals surface area contributed by atoms with Gasteiger partial charge in [0.2, 0.25) is 0 Å². The predicted octanol–water partition coefficient (Wildman–Crippen LogP) is 2.71. The van der Waals surface area contributed by atoms with Crippen LogP contribution in [0.4, 0.5) is 0 Å². The van der Waals surface area contributed by atoms with E-state index in [9.17, 15) is 14.7 Å². The third-order valence-corrected chi connectivity index (χ3v) is 4.23. The summed E-state index contributed by atoms with van der Waals surface area (Å²) in [6.07, 6.45) is 5.80. The molecule has 6 heteroatoms. The Morgan fingerprint density at radius 2 is 2.14 bits per heavy atom. The molecule has 0 aliphatic heterocycles. The number of nitrogens with zero attached hydrogens (tertiary/aromatic N) is 2. The van der Waals surface area contributed by atoms with E-state index < -0.39 is 12.0 Å². The van der Waals surface area contributed by atoms with E-state index in [1.165, 1.54) is 0 Å². The monoisotopic (exact) mass is 307 g/mol. The van der Waals surface area contributed by atoms with E-state index in [0.717, 1.165) is 25.0 Å². The molecule has 1 aromatic heterocycles. The van der Waals surface area contributed by atoms with Gasteiger partial charge in [-0.25, -0.2) is 4.79 Å². The van der Waals surface area contributed by atoms with Crippen LogP contribution >= 0.6 is 0 Å². The first-order chi connectivity index (χ1) is 10.5. The first-order valence-electron chi connectivity index (χ1n) is 8.10. The molecule has 2 atom stereocenters. The van der Waals surface area contributed by atoms with Gasteiger partial charge < -0.3 is 10.4 Å². The lowest BCUT2D eigenvalue weighted by molar-refractivity contribution is -0.139. The van der Waals surface area contributed by atoms with E-state index in [-0.39, 0.29) is 11.9 Å². The average Bonchev–Trinajstić information content (AvgIpc) is 3.23. The van der Waals surface area contributed by atoms with Gasteiger partial charge in [0.1, 0.15) is 6.04 Å². The van der Waals surface area contributed by atoms with Crippen molar-refractivity contribution in [3.05, 3.63) is 17.5 Å². The Labute approximate surface area is 130 Å². The fourth-order valence-electron chi connectivity index (χ4n) is 2.62. The summed E-state index contributed by atoms with van der Waals surface area (Å²) in [6, 6.07) is -0.598. The highest BCUT2D eigenvalue weighted by molar-refractivity contribution is 5.97. The standard InChI is InChI=1S/C16H25N3O3/c1-4-6-13(16(21)22)18-15(20)12-9-17-19(10(3)5-2)14(12)11-7-8-11/h9-11,13H,4-8H2,1-3H3,(H,18,20)(H,21,22). The summed E-state index contributed by atoms with van der Waals surface area (Å²) in [6.45, 7) is 6.07. The van der Waals surface area contributed by atoms with Gasteiger partial charge >= 0.3 is 5.97 Å². The van der Waals surface area contributed by atoms with Crippen LogP contribution in [-0.4, -0.2) is 32.8 Å². The van der Waals surface area contributed by atoms with Crippen molar-refractivity contribution in [1.29, 1.82) is 0 Å². The van der Waals surface area contributed by atoms with E-state index in [4.69, 9.17) is 0 Å². The topological polar surface area (TPSA) is 84.2 Å². The second-order valence-corrected chi connectivity index (χ2v) is 6.07. The Hall–Kier alpha value is -1.85. The van der Waals surface area contributed by atoms with Crippen LogP contribution in [0.3, 0.4) is 0 Å². The molecule has 0 aromatic carbocycles. The maximum atomic E-state index is 12.5. The highest BCUT2D eigenvalue weighted by Gasteiger charge is 2.34. The van der Waals surface area contributed by atoms with Crippen LogP contribution in [0.25, 0.3) is 0 Å². The minimum Gasteiger partial charge on any atom is -0.480 e. The van der Waals surface area contributed by atoms with Crippen molar-refractivity contribution in [2.45, 2.75) is 70.9 Å². The number of hydrogen-bond acceptors (Lipinski definition) is 3. The predicted molar refractivity (Wildman–Crippen MR) is 83.0 cm³/mol. The van der Waals surface area contributed by atoms with E-state index in [0.29, 0.717) is 24.3 Å². The summed E-state index contributed by atoms with van der Waals surface area (Å²) in [5.41, 5.74) is 1.50. The number of carbonyl (C=O) groups excluding carboxylic acids is 1. The lowest BCUT2D eigenvalue weighted by Crippen LogP contribution is -2.40. The van der Waals surface area contributed by atoms with Gasteiger partial charge in [0.15, 0.2) is 0 Å². The Balaban J connectivity index is 2.22. The Morgan fingerprint density at radius 3 is 2.64 bits per heavy atom. The van der Waals surface area contributed by atoms with Gasteiger partial charge in [-0.15, -0.1) is 0 Å². The van der Waals surface area contributed by atoms with Crippen LogP contribution in [0.2, 0.25) is 0 Å². The van der Waals surface area contributed by atoms with Gasteiger partial charge in [-0.1, -0.05) is 20.3 Å². The zero-order valence-corrected chi connectivity index (χ0v) is 13.5. The maximum absolute atomic E-state index is 12.5. The van der Waals surface area contributed by atoms with Crippen molar-refractivity contribution in [1.82, 2.24) is 15.1 Å². The summed E-state index contributed by atoms with van der Waals surface area (Å²) >= 11 is 0. The lowest BCUT2D eigenvalue weighted by Gasteiger charge is -2.16. The van der Waals surface area contributed by atoms with Crippen LogP contribution in [0.1, 0.15) is 80.9 Å². The van der Waals surface area contributed by atoms with Crippen LogP contribution in [0.15, 0.2) is 6.20 Å². The van der Waals surface area contributed by atoms with Crippen molar-refractivity contribution in [2.24, 2.45) is 0 Å². The molecule has 2 N–H and O–H groups in total. The van der Waals surface area contributed by atoms with Gasteiger partial charge in [-0.2, -0.15) is 5.10 Å². The quantitative estimate of drug-likeness (QED) is 0.773. The fraction of sp³-hybridized carbons (Fsp3) is 0.688. The number of carbonyl (C=O) groups is 2. The van der Waals surface area contributed by atoms with Crippen LogP contribution < -0.4 is 5.32 Å². The van der Waals surface area contributed by atoms with Crippen LogP contribution in [0.5, 0.6) is 0 Å². The molecule has 2 unspecified atom stereocenters. The van der Waals surface area contributed by atoms with Crippen LogP contribution in [0, 0.1) is 0 Å². The Bertz CT molecular complexity index is 549. The molecule has 1 aliphatic rings. The highest BCUT2D eigenvalue weighted by atomic mass is 16.4. The molecule has 1 saturated carbocycles. The number of aromatic nitrogens is 2. The summed E-state index contributed by atoms with van der Waals surface area (Å²) in [4.78, 5) is 23.7. The Kier molecular flexibility index (Phi) is 5.21. The molecule has 22 heavy (non-hydrogen) atoms. The highest BCUT2D eigenvalue weighted by Crippen LogP contribution is 2.42. The molecule has 1 fully saturated rings. The van der Waals surface area contributed by atoms with E-state index >= 15 is 0 Å². The second-order valence-electron chi connectivity index (χ2n) is 6.07. The lowest BCUT2D eigenvalue weighted by atomic mass is 10.1. The SMILES string of the molecule is CCCC(NC(=O)c1cnn(C(C)CC)c1C1CC1)C(=O)O. The van der Waals surface area contributed by atoms with Gasteiger partial charge in [0.25, 0.3) is 5.91 Å². The fourth-order valence-corrected chi connectivity index (χ4v) is 2.62. The second kappa shape index (κ2) is 6.94.